The van der Waals surface area contributed by atoms with E-state index in [0.29, 0.717) is 24.5 Å². The van der Waals surface area contributed by atoms with Gasteiger partial charge in [-0.3, -0.25) is 4.79 Å². The fraction of sp³-hybridized carbons (Fsp3) is 0.667. The van der Waals surface area contributed by atoms with Gasteiger partial charge in [-0.05, 0) is 88.3 Å². The Hall–Kier alpha value is -2.08. The molecule has 164 valence electrons. The number of nitrogens with one attached hydrogen (secondary N) is 1. The lowest BCUT2D eigenvalue weighted by molar-refractivity contribution is -0.134. The predicted molar refractivity (Wildman–Crippen MR) is 112 cm³/mol. The summed E-state index contributed by atoms with van der Waals surface area (Å²) in [6.45, 7) is 4.48. The van der Waals surface area contributed by atoms with Crippen molar-refractivity contribution in [1.82, 2.24) is 5.32 Å². The molecule has 6 nitrogen and oxygen atoms in total. The summed E-state index contributed by atoms with van der Waals surface area (Å²) in [4.78, 5) is 25.5. The minimum absolute atomic E-state index is 0.0860. The molecule has 0 heterocycles. The monoisotopic (exact) mass is 415 g/mol. The first-order chi connectivity index (χ1) is 14.4. The second-order valence-corrected chi connectivity index (χ2v) is 9.40. The average Bonchev–Trinajstić information content (AvgIpc) is 2.70. The van der Waals surface area contributed by atoms with Gasteiger partial charge in [-0.25, -0.2) is 4.79 Å². The topological polar surface area (TPSA) is 73.9 Å². The fourth-order valence-corrected chi connectivity index (χ4v) is 6.14. The van der Waals surface area contributed by atoms with Gasteiger partial charge in [-0.15, -0.1) is 0 Å². The SMILES string of the molecule is CCOCc1cc(C(=O)O[C@@H](C)C(=O)NC23CC4CC(CC(C4)C2)C3)ccc1OC. The molecule has 1 aromatic rings. The van der Waals surface area contributed by atoms with Crippen molar-refractivity contribution in [3.8, 4) is 5.75 Å². The number of hydrogen-bond donors (Lipinski definition) is 1. The lowest BCUT2D eigenvalue weighted by atomic mass is 9.53. The largest absolute Gasteiger partial charge is 0.496 e. The zero-order valence-electron chi connectivity index (χ0n) is 18.2. The van der Waals surface area contributed by atoms with Gasteiger partial charge in [0, 0.05) is 17.7 Å². The van der Waals surface area contributed by atoms with Crippen LogP contribution in [0.25, 0.3) is 0 Å². The van der Waals surface area contributed by atoms with E-state index < -0.39 is 12.1 Å². The Morgan fingerprint density at radius 3 is 2.33 bits per heavy atom. The van der Waals surface area contributed by atoms with Crippen molar-refractivity contribution >= 4 is 11.9 Å². The van der Waals surface area contributed by atoms with E-state index in [0.717, 1.165) is 42.6 Å². The smallest absolute Gasteiger partial charge is 0.338 e. The summed E-state index contributed by atoms with van der Waals surface area (Å²) >= 11 is 0. The molecule has 0 aliphatic heterocycles. The van der Waals surface area contributed by atoms with E-state index in [9.17, 15) is 9.59 Å². The summed E-state index contributed by atoms with van der Waals surface area (Å²) in [6.07, 6.45) is 6.35. The number of benzene rings is 1. The Labute approximate surface area is 178 Å². The Morgan fingerprint density at radius 2 is 1.77 bits per heavy atom. The number of carbonyl (C=O) groups excluding carboxylic acids is 2. The molecule has 4 aliphatic rings. The molecule has 1 amide bonds. The molecule has 1 N–H and O–H groups in total. The molecule has 30 heavy (non-hydrogen) atoms. The van der Waals surface area contributed by atoms with Gasteiger partial charge in [-0.1, -0.05) is 0 Å². The molecular formula is C24H33NO5. The number of esters is 1. The Balaban J connectivity index is 1.38. The van der Waals surface area contributed by atoms with Crippen LogP contribution in [0.1, 0.15) is 68.3 Å². The van der Waals surface area contributed by atoms with Gasteiger partial charge in [0.15, 0.2) is 6.10 Å². The number of ether oxygens (including phenoxy) is 3. The van der Waals surface area contributed by atoms with Crippen LogP contribution < -0.4 is 10.1 Å². The third kappa shape index (κ3) is 4.34. The molecule has 0 saturated heterocycles. The third-order valence-corrected chi connectivity index (χ3v) is 7.06. The molecule has 0 spiro atoms. The first kappa shape index (κ1) is 21.2. The van der Waals surface area contributed by atoms with Crippen LogP contribution in [0.3, 0.4) is 0 Å². The minimum atomic E-state index is -0.831. The van der Waals surface area contributed by atoms with Crippen LogP contribution >= 0.6 is 0 Å². The maximum absolute atomic E-state index is 12.9. The van der Waals surface area contributed by atoms with Gasteiger partial charge >= 0.3 is 5.97 Å². The van der Waals surface area contributed by atoms with E-state index in [1.54, 1.807) is 32.2 Å². The molecule has 5 rings (SSSR count). The van der Waals surface area contributed by atoms with Gasteiger partial charge in [0.25, 0.3) is 5.91 Å². The van der Waals surface area contributed by atoms with Crippen LogP contribution in [0.5, 0.6) is 5.75 Å². The fourth-order valence-electron chi connectivity index (χ4n) is 6.14. The summed E-state index contributed by atoms with van der Waals surface area (Å²) in [5.74, 6) is 2.21. The van der Waals surface area contributed by atoms with Crippen LogP contribution in [0.4, 0.5) is 0 Å². The molecule has 1 aromatic carbocycles. The van der Waals surface area contributed by atoms with Crippen molar-refractivity contribution in [3.63, 3.8) is 0 Å². The van der Waals surface area contributed by atoms with E-state index in [1.807, 2.05) is 6.92 Å². The summed E-state index contributed by atoms with van der Waals surface area (Å²) in [7, 11) is 1.58. The van der Waals surface area contributed by atoms with Crippen LogP contribution in [-0.4, -0.2) is 37.2 Å². The van der Waals surface area contributed by atoms with Crippen molar-refractivity contribution in [1.29, 1.82) is 0 Å². The van der Waals surface area contributed by atoms with Crippen LogP contribution in [-0.2, 0) is 20.9 Å². The van der Waals surface area contributed by atoms with E-state index in [2.05, 4.69) is 5.32 Å². The maximum atomic E-state index is 12.9. The molecule has 4 aliphatic carbocycles. The second kappa shape index (κ2) is 8.58. The van der Waals surface area contributed by atoms with Crippen molar-refractivity contribution < 1.29 is 23.8 Å². The summed E-state index contributed by atoms with van der Waals surface area (Å²) < 4.78 is 16.3. The molecular weight excluding hydrogens is 382 g/mol. The molecule has 0 unspecified atom stereocenters. The summed E-state index contributed by atoms with van der Waals surface area (Å²) in [6, 6.07) is 5.09. The molecule has 0 radical (unpaired) electrons. The molecule has 4 fully saturated rings. The van der Waals surface area contributed by atoms with Gasteiger partial charge < -0.3 is 19.5 Å². The number of methoxy groups -OCH3 is 1. The highest BCUT2D eigenvalue weighted by Gasteiger charge is 2.51. The van der Waals surface area contributed by atoms with E-state index >= 15 is 0 Å². The van der Waals surface area contributed by atoms with Crippen LogP contribution in [0.2, 0.25) is 0 Å². The number of carbonyl (C=O) groups is 2. The van der Waals surface area contributed by atoms with E-state index in [4.69, 9.17) is 14.2 Å². The normalized spacial score (nSPS) is 30.0. The van der Waals surface area contributed by atoms with E-state index in [-0.39, 0.29) is 11.4 Å². The quantitative estimate of drug-likeness (QED) is 0.653. The third-order valence-electron chi connectivity index (χ3n) is 7.06. The molecule has 0 aromatic heterocycles. The number of rotatable bonds is 8. The first-order valence-electron chi connectivity index (χ1n) is 11.2. The van der Waals surface area contributed by atoms with Crippen molar-refractivity contribution in [2.24, 2.45) is 17.8 Å². The molecule has 6 heteroatoms. The van der Waals surface area contributed by atoms with Crippen molar-refractivity contribution in [3.05, 3.63) is 29.3 Å². The van der Waals surface area contributed by atoms with Crippen molar-refractivity contribution in [2.75, 3.05) is 13.7 Å². The molecule has 1 atom stereocenters. The van der Waals surface area contributed by atoms with Crippen molar-refractivity contribution in [2.45, 2.75) is 70.6 Å². The van der Waals surface area contributed by atoms with Crippen LogP contribution in [0, 0.1) is 17.8 Å². The lowest BCUT2D eigenvalue weighted by Gasteiger charge is -2.57. The average molecular weight is 416 g/mol. The highest BCUT2D eigenvalue weighted by molar-refractivity contribution is 5.92. The second-order valence-electron chi connectivity index (χ2n) is 9.40. The van der Waals surface area contributed by atoms with E-state index in [1.165, 1.54) is 19.3 Å². The van der Waals surface area contributed by atoms with Gasteiger partial charge in [-0.2, -0.15) is 0 Å². The maximum Gasteiger partial charge on any atom is 0.338 e. The zero-order valence-corrected chi connectivity index (χ0v) is 18.2. The summed E-state index contributed by atoms with van der Waals surface area (Å²) in [5, 5.41) is 3.28. The highest BCUT2D eigenvalue weighted by Crippen LogP contribution is 2.55. The van der Waals surface area contributed by atoms with Gasteiger partial charge in [0.2, 0.25) is 0 Å². The van der Waals surface area contributed by atoms with Gasteiger partial charge in [0.1, 0.15) is 5.75 Å². The minimum Gasteiger partial charge on any atom is -0.496 e. The number of amides is 1. The predicted octanol–water partition coefficient (Wildman–Crippen LogP) is 3.86. The molecule has 4 saturated carbocycles. The standard InChI is InChI=1S/C24H33NO5/c1-4-29-14-20-10-19(5-6-21(20)28-3)23(27)30-15(2)22(26)25-24-11-16-7-17(12-24)9-18(8-16)13-24/h5-6,10,15-18H,4,7-9,11-14H2,1-3H3,(H,25,26)/t15-,16?,17?,18?,24?/m0/s1. The first-order valence-corrected chi connectivity index (χ1v) is 11.2. The lowest BCUT2D eigenvalue weighted by Crippen LogP contribution is -2.61. The molecule has 4 bridgehead atoms. The highest BCUT2D eigenvalue weighted by atomic mass is 16.5. The Morgan fingerprint density at radius 1 is 1.13 bits per heavy atom. The summed E-state index contributed by atoms with van der Waals surface area (Å²) in [5.41, 5.74) is 1.08. The van der Waals surface area contributed by atoms with Gasteiger partial charge in [0.05, 0.1) is 19.3 Å². The Kier molecular flexibility index (Phi) is 6.05. The van der Waals surface area contributed by atoms with Crippen LogP contribution in [0.15, 0.2) is 18.2 Å². The number of hydrogen-bond acceptors (Lipinski definition) is 5. The zero-order chi connectivity index (χ0) is 21.3. The Bertz CT molecular complexity index is 770.